The van der Waals surface area contributed by atoms with Crippen molar-refractivity contribution in [1.29, 1.82) is 0 Å². The Bertz CT molecular complexity index is 205. The van der Waals surface area contributed by atoms with Gasteiger partial charge in [-0.3, -0.25) is 0 Å². The molecule has 0 unspecified atom stereocenters. The van der Waals surface area contributed by atoms with E-state index >= 15 is 0 Å². The predicted octanol–water partition coefficient (Wildman–Crippen LogP) is 2.30. The van der Waals surface area contributed by atoms with E-state index in [1.54, 1.807) is 0 Å². The highest BCUT2D eigenvalue weighted by Gasteiger charge is 1.79. The largest absolute Gasteiger partial charge is 0.125 e. The summed E-state index contributed by atoms with van der Waals surface area (Å²) in [6.45, 7) is 7.26. The lowest BCUT2D eigenvalue weighted by atomic mass is 10.2. The second-order valence-electron chi connectivity index (χ2n) is 1.83. The van der Waals surface area contributed by atoms with Crippen LogP contribution in [0.1, 0.15) is 13.8 Å². The average molecular weight is 118 g/mol. The molecule has 46 valence electrons. The highest BCUT2D eigenvalue weighted by molar-refractivity contribution is 5.30. The fourth-order valence-electron chi connectivity index (χ4n) is 0.417. The first-order chi connectivity index (χ1) is 4.20. The maximum Gasteiger partial charge on any atom is -0.000468 e. The molecule has 0 heteroatoms. The van der Waals surface area contributed by atoms with Gasteiger partial charge in [-0.1, -0.05) is 12.5 Å². The zero-order valence-electron chi connectivity index (χ0n) is 5.86. The quantitative estimate of drug-likeness (QED) is 0.281. The van der Waals surface area contributed by atoms with E-state index in [2.05, 4.69) is 18.2 Å². The smallest absolute Gasteiger partial charge is 0.000468 e. The van der Waals surface area contributed by atoms with Crippen LogP contribution in [0.3, 0.4) is 0 Å². The first kappa shape index (κ1) is 7.82. The molecule has 0 saturated heterocycles. The predicted molar refractivity (Wildman–Crippen MR) is 40.9 cm³/mol. The summed E-state index contributed by atoms with van der Waals surface area (Å²) in [5, 5.41) is 0. The highest BCUT2D eigenvalue weighted by Crippen LogP contribution is 1.96. The van der Waals surface area contributed by atoms with E-state index < -0.39 is 0 Å². The lowest BCUT2D eigenvalue weighted by Crippen LogP contribution is -1.68. The van der Waals surface area contributed by atoms with Crippen molar-refractivity contribution in [1.82, 2.24) is 0 Å². The van der Waals surface area contributed by atoms with Crippen molar-refractivity contribution in [2.75, 3.05) is 0 Å². The topological polar surface area (TPSA) is 0 Å². The molecule has 0 aliphatic carbocycles. The Kier molecular flexibility index (Phi) is 3.28. The van der Waals surface area contributed by atoms with E-state index in [1.165, 1.54) is 0 Å². The van der Waals surface area contributed by atoms with Crippen LogP contribution in [-0.4, -0.2) is 0 Å². The van der Waals surface area contributed by atoms with Crippen molar-refractivity contribution in [2.24, 2.45) is 0 Å². The Morgan fingerprint density at radius 1 is 1.56 bits per heavy atom. The zero-order chi connectivity index (χ0) is 7.28. The molecular formula is C9H10. The fourth-order valence-corrected chi connectivity index (χ4v) is 0.417. The summed E-state index contributed by atoms with van der Waals surface area (Å²) in [7, 11) is 0. The summed E-state index contributed by atoms with van der Waals surface area (Å²) in [6, 6.07) is 0. The molecular weight excluding hydrogens is 108 g/mol. The van der Waals surface area contributed by atoms with Crippen LogP contribution in [-0.2, 0) is 0 Å². The number of rotatable bonds is 1. The molecule has 0 aromatic carbocycles. The van der Waals surface area contributed by atoms with Crippen molar-refractivity contribution in [2.45, 2.75) is 13.8 Å². The summed E-state index contributed by atoms with van der Waals surface area (Å²) in [5.74, 6) is 2.50. The normalized spacial score (nSPS) is 9.67. The summed E-state index contributed by atoms with van der Waals surface area (Å²) in [5.41, 5.74) is 4.61. The molecule has 9 heavy (non-hydrogen) atoms. The maximum absolute atomic E-state index is 5.10. The third-order valence-electron chi connectivity index (χ3n) is 0.940. The van der Waals surface area contributed by atoms with Crippen molar-refractivity contribution < 1.29 is 0 Å². The second kappa shape index (κ2) is 3.78. The lowest BCUT2D eigenvalue weighted by molar-refractivity contribution is 1.47. The van der Waals surface area contributed by atoms with Gasteiger partial charge in [-0.25, -0.2) is 0 Å². The molecule has 0 radical (unpaired) electrons. The number of hydrogen-bond donors (Lipinski definition) is 0. The first-order valence-electron chi connectivity index (χ1n) is 2.72. The molecule has 0 saturated carbocycles. The molecule has 0 aromatic rings. The van der Waals surface area contributed by atoms with Gasteiger partial charge in [0.15, 0.2) is 0 Å². The Morgan fingerprint density at radius 2 is 2.11 bits per heavy atom. The number of hydrogen-bond acceptors (Lipinski definition) is 0. The SMILES string of the molecule is C#CC(C)=CC(C)=C=C. The van der Waals surface area contributed by atoms with Crippen molar-refractivity contribution >= 4 is 0 Å². The molecule has 0 amide bonds. The Hall–Kier alpha value is -1.18. The van der Waals surface area contributed by atoms with Gasteiger partial charge in [0, 0.05) is 0 Å². The second-order valence-corrected chi connectivity index (χ2v) is 1.83. The molecule has 0 N–H and O–H groups in total. The molecule has 0 fully saturated rings. The number of allylic oxidation sites excluding steroid dienone is 3. The zero-order valence-corrected chi connectivity index (χ0v) is 5.86. The molecule has 0 aromatic heterocycles. The van der Waals surface area contributed by atoms with Crippen molar-refractivity contribution in [3.05, 3.63) is 29.5 Å². The molecule has 0 aliphatic heterocycles. The molecule has 0 rings (SSSR count). The van der Waals surface area contributed by atoms with Crippen LogP contribution >= 0.6 is 0 Å². The van der Waals surface area contributed by atoms with Crippen LogP contribution < -0.4 is 0 Å². The minimum atomic E-state index is 0.906. The standard InChI is InChI=1S/C9H10/c1-5-8(3)7-9(4)6-2/h1,7H,2H2,3-4H3. The minimum Gasteiger partial charge on any atom is -0.125 e. The molecule has 0 spiro atoms. The first-order valence-corrected chi connectivity index (χ1v) is 2.72. The summed E-state index contributed by atoms with van der Waals surface area (Å²) in [6.07, 6.45) is 6.96. The Balaban J connectivity index is 4.35. The Labute approximate surface area is 56.6 Å². The van der Waals surface area contributed by atoms with Crippen LogP contribution in [0.2, 0.25) is 0 Å². The lowest BCUT2D eigenvalue weighted by Gasteiger charge is -1.85. The van der Waals surface area contributed by atoms with Crippen LogP contribution in [0.4, 0.5) is 0 Å². The van der Waals surface area contributed by atoms with Crippen LogP contribution in [0.5, 0.6) is 0 Å². The van der Waals surface area contributed by atoms with Gasteiger partial charge in [0.1, 0.15) is 0 Å². The third-order valence-corrected chi connectivity index (χ3v) is 0.940. The third kappa shape index (κ3) is 3.41. The summed E-state index contributed by atoms with van der Waals surface area (Å²) in [4.78, 5) is 0. The van der Waals surface area contributed by atoms with Crippen molar-refractivity contribution in [3.8, 4) is 12.3 Å². The molecule has 0 bridgehead atoms. The summed E-state index contributed by atoms with van der Waals surface area (Å²) >= 11 is 0. The van der Waals surface area contributed by atoms with Crippen LogP contribution in [0, 0.1) is 12.3 Å². The molecule has 0 atom stereocenters. The average Bonchev–Trinajstić information content (AvgIpc) is 1.87. The monoisotopic (exact) mass is 118 g/mol. The maximum atomic E-state index is 5.10. The van der Waals surface area contributed by atoms with Crippen LogP contribution in [0.15, 0.2) is 29.5 Å². The Morgan fingerprint density at radius 3 is 2.44 bits per heavy atom. The highest BCUT2D eigenvalue weighted by atomic mass is 13.8. The van der Waals surface area contributed by atoms with E-state index in [4.69, 9.17) is 6.42 Å². The van der Waals surface area contributed by atoms with Crippen molar-refractivity contribution in [3.63, 3.8) is 0 Å². The van der Waals surface area contributed by atoms with E-state index in [0.29, 0.717) is 0 Å². The van der Waals surface area contributed by atoms with Gasteiger partial charge < -0.3 is 0 Å². The fraction of sp³-hybridized carbons (Fsp3) is 0.222. The van der Waals surface area contributed by atoms with Crippen LogP contribution in [0.25, 0.3) is 0 Å². The van der Waals surface area contributed by atoms with Gasteiger partial charge in [-0.15, -0.1) is 12.2 Å². The molecule has 0 aliphatic rings. The van der Waals surface area contributed by atoms with Gasteiger partial charge in [-0.2, -0.15) is 0 Å². The van der Waals surface area contributed by atoms with E-state index in [-0.39, 0.29) is 0 Å². The van der Waals surface area contributed by atoms with Gasteiger partial charge >= 0.3 is 0 Å². The minimum absolute atomic E-state index is 0.906. The molecule has 0 heterocycles. The van der Waals surface area contributed by atoms with E-state index in [9.17, 15) is 0 Å². The van der Waals surface area contributed by atoms with Gasteiger partial charge in [0.2, 0.25) is 0 Å². The molecule has 0 nitrogen and oxygen atoms in total. The van der Waals surface area contributed by atoms with Gasteiger partial charge in [0.05, 0.1) is 0 Å². The number of terminal acetylenes is 1. The van der Waals surface area contributed by atoms with Gasteiger partial charge in [-0.05, 0) is 31.1 Å². The van der Waals surface area contributed by atoms with E-state index in [0.717, 1.165) is 11.1 Å². The van der Waals surface area contributed by atoms with Gasteiger partial charge in [0.25, 0.3) is 0 Å². The summed E-state index contributed by atoms with van der Waals surface area (Å²) < 4.78 is 0. The van der Waals surface area contributed by atoms with E-state index in [1.807, 2.05) is 19.9 Å².